The van der Waals surface area contributed by atoms with Crippen molar-refractivity contribution in [3.8, 4) is 6.07 Å². The van der Waals surface area contributed by atoms with Gasteiger partial charge in [-0.25, -0.2) is 0 Å². The minimum Gasteiger partial charge on any atom is -0.298 e. The van der Waals surface area contributed by atoms with Crippen LogP contribution in [0.1, 0.15) is 28.5 Å². The summed E-state index contributed by atoms with van der Waals surface area (Å²) in [5, 5.41) is 9.13. The Morgan fingerprint density at radius 3 is 2.57 bits per heavy atom. The second-order valence-corrected chi connectivity index (χ2v) is 6.50. The first-order valence-corrected chi connectivity index (χ1v) is 7.70. The van der Waals surface area contributed by atoms with Gasteiger partial charge in [0.15, 0.2) is 5.78 Å². The highest BCUT2D eigenvalue weighted by molar-refractivity contribution is 7.16. The molecule has 0 spiro atoms. The van der Waals surface area contributed by atoms with Crippen molar-refractivity contribution >= 4 is 28.7 Å². The Morgan fingerprint density at radius 1 is 1.35 bits per heavy atom. The van der Waals surface area contributed by atoms with Crippen molar-refractivity contribution in [1.29, 1.82) is 5.26 Å². The molecule has 3 nitrogen and oxygen atoms in total. The highest BCUT2D eigenvalue weighted by atomic mass is 35.5. The standard InChI is InChI=1S/C15H10ClF3N2OS/c16-14-6-3-10(23-14)2-5-13(22)11(7-20)12-4-1-9(8-21-12)15(17,18)19/h1,3-4,6,8,11H,2,5H2. The van der Waals surface area contributed by atoms with E-state index in [1.807, 2.05) is 0 Å². The molecule has 0 fully saturated rings. The molecule has 2 aromatic heterocycles. The largest absolute Gasteiger partial charge is 0.417 e. The maximum Gasteiger partial charge on any atom is 0.417 e. The van der Waals surface area contributed by atoms with E-state index < -0.39 is 17.7 Å². The second kappa shape index (κ2) is 7.11. The van der Waals surface area contributed by atoms with Crippen LogP contribution in [0.5, 0.6) is 0 Å². The van der Waals surface area contributed by atoms with E-state index in [-0.39, 0.29) is 17.9 Å². The number of carbonyl (C=O) groups excluding carboxylic acids is 1. The fourth-order valence-corrected chi connectivity index (χ4v) is 3.01. The Kier molecular flexibility index (Phi) is 5.39. The molecule has 0 aliphatic heterocycles. The molecule has 1 atom stereocenters. The second-order valence-electron chi connectivity index (χ2n) is 4.70. The maximum atomic E-state index is 12.5. The van der Waals surface area contributed by atoms with Crippen molar-refractivity contribution in [3.63, 3.8) is 0 Å². The van der Waals surface area contributed by atoms with E-state index in [9.17, 15) is 18.0 Å². The summed E-state index contributed by atoms with van der Waals surface area (Å²) in [6.07, 6.45) is -3.35. The van der Waals surface area contributed by atoms with E-state index >= 15 is 0 Å². The number of pyridine rings is 1. The summed E-state index contributed by atoms with van der Waals surface area (Å²) in [6.45, 7) is 0. The van der Waals surface area contributed by atoms with Gasteiger partial charge in [0.1, 0.15) is 5.92 Å². The molecule has 8 heteroatoms. The molecule has 0 saturated carbocycles. The zero-order valence-electron chi connectivity index (χ0n) is 11.6. The first kappa shape index (κ1) is 17.4. The molecule has 0 saturated heterocycles. The summed E-state index contributed by atoms with van der Waals surface area (Å²) in [6, 6.07) is 7.19. The molecular weight excluding hydrogens is 349 g/mol. The van der Waals surface area contributed by atoms with Gasteiger partial charge in [0.2, 0.25) is 0 Å². The van der Waals surface area contributed by atoms with Gasteiger partial charge < -0.3 is 0 Å². The highest BCUT2D eigenvalue weighted by Gasteiger charge is 2.31. The normalized spacial score (nSPS) is 12.7. The number of Topliss-reactive ketones (excluding diaryl/α,β-unsaturated/α-hetero) is 1. The van der Waals surface area contributed by atoms with Crippen LogP contribution in [0.3, 0.4) is 0 Å². The predicted octanol–water partition coefficient (Wildman–Crippen LogP) is 4.62. The first-order valence-electron chi connectivity index (χ1n) is 6.51. The van der Waals surface area contributed by atoms with Crippen molar-refractivity contribution in [1.82, 2.24) is 4.98 Å². The number of rotatable bonds is 5. The van der Waals surface area contributed by atoms with Crippen LogP contribution < -0.4 is 0 Å². The molecule has 0 aromatic carbocycles. The van der Waals surface area contributed by atoms with Crippen LogP contribution in [0.4, 0.5) is 13.2 Å². The third kappa shape index (κ3) is 4.53. The number of thiophene rings is 1. The van der Waals surface area contributed by atoms with Gasteiger partial charge in [0.05, 0.1) is 21.7 Å². The van der Waals surface area contributed by atoms with Crippen molar-refractivity contribution < 1.29 is 18.0 Å². The monoisotopic (exact) mass is 358 g/mol. The molecule has 0 amide bonds. The van der Waals surface area contributed by atoms with Crippen LogP contribution in [0.15, 0.2) is 30.5 Å². The highest BCUT2D eigenvalue weighted by Crippen LogP contribution is 2.29. The van der Waals surface area contributed by atoms with Crippen molar-refractivity contribution in [2.24, 2.45) is 0 Å². The number of nitrogens with zero attached hydrogens (tertiary/aromatic N) is 2. The summed E-state index contributed by atoms with van der Waals surface area (Å²) in [7, 11) is 0. The van der Waals surface area contributed by atoms with Crippen LogP contribution in [-0.2, 0) is 17.4 Å². The van der Waals surface area contributed by atoms with E-state index in [1.54, 1.807) is 18.2 Å². The molecule has 1 unspecified atom stereocenters. The topological polar surface area (TPSA) is 53.8 Å². The Balaban J connectivity index is 2.06. The molecule has 0 N–H and O–H groups in total. The number of halogens is 4. The zero-order chi connectivity index (χ0) is 17.0. The average molecular weight is 359 g/mol. The fourth-order valence-electron chi connectivity index (χ4n) is 1.92. The lowest BCUT2D eigenvalue weighted by Gasteiger charge is -2.10. The first-order chi connectivity index (χ1) is 10.8. The van der Waals surface area contributed by atoms with Gasteiger partial charge in [0, 0.05) is 17.5 Å². The smallest absolute Gasteiger partial charge is 0.298 e. The summed E-state index contributed by atoms with van der Waals surface area (Å²) >= 11 is 7.13. The number of hydrogen-bond donors (Lipinski definition) is 0. The molecular formula is C15H10ClF3N2OS. The molecule has 0 bridgehead atoms. The van der Waals surface area contributed by atoms with E-state index in [0.29, 0.717) is 17.0 Å². The SMILES string of the molecule is N#CC(C(=O)CCc1ccc(Cl)s1)c1ccc(C(F)(F)F)cn1. The number of nitriles is 1. The molecule has 2 aromatic rings. The number of ketones is 1. The Bertz CT molecular complexity index is 734. The molecule has 0 aliphatic rings. The van der Waals surface area contributed by atoms with Gasteiger partial charge in [-0.3, -0.25) is 9.78 Å². The van der Waals surface area contributed by atoms with Crippen molar-refractivity contribution in [2.45, 2.75) is 24.9 Å². The Hall–Kier alpha value is -1.91. The minimum atomic E-state index is -4.50. The van der Waals surface area contributed by atoms with Crippen LogP contribution in [0.25, 0.3) is 0 Å². The molecule has 2 heterocycles. The van der Waals surface area contributed by atoms with Gasteiger partial charge in [-0.1, -0.05) is 11.6 Å². The van der Waals surface area contributed by atoms with Gasteiger partial charge in [-0.15, -0.1) is 11.3 Å². The van der Waals surface area contributed by atoms with E-state index in [1.165, 1.54) is 11.3 Å². The van der Waals surface area contributed by atoms with Gasteiger partial charge in [0.25, 0.3) is 0 Å². The van der Waals surface area contributed by atoms with Gasteiger partial charge in [-0.05, 0) is 30.7 Å². The maximum absolute atomic E-state index is 12.5. The average Bonchev–Trinajstić information content (AvgIpc) is 2.91. The lowest BCUT2D eigenvalue weighted by molar-refractivity contribution is -0.137. The lowest BCUT2D eigenvalue weighted by Crippen LogP contribution is -2.14. The lowest BCUT2D eigenvalue weighted by atomic mass is 9.97. The summed E-state index contributed by atoms with van der Waals surface area (Å²) in [5.41, 5.74) is -0.895. The third-order valence-electron chi connectivity index (χ3n) is 3.11. The molecule has 2 rings (SSSR count). The Labute approximate surface area is 139 Å². The van der Waals surface area contributed by atoms with Crippen LogP contribution >= 0.6 is 22.9 Å². The van der Waals surface area contributed by atoms with Crippen molar-refractivity contribution in [3.05, 3.63) is 50.9 Å². The van der Waals surface area contributed by atoms with E-state index in [0.717, 1.165) is 17.0 Å². The third-order valence-corrected chi connectivity index (χ3v) is 4.40. The van der Waals surface area contributed by atoms with Crippen molar-refractivity contribution in [2.75, 3.05) is 0 Å². The molecule has 23 heavy (non-hydrogen) atoms. The minimum absolute atomic E-state index is 0.0229. The number of aryl methyl sites for hydroxylation is 1. The number of alkyl halides is 3. The summed E-state index contributed by atoms with van der Waals surface area (Å²) in [4.78, 5) is 16.6. The molecule has 120 valence electrons. The van der Waals surface area contributed by atoms with E-state index in [4.69, 9.17) is 16.9 Å². The molecule has 0 aliphatic carbocycles. The van der Waals surface area contributed by atoms with Crippen LogP contribution in [0.2, 0.25) is 4.34 Å². The van der Waals surface area contributed by atoms with Gasteiger partial charge >= 0.3 is 6.18 Å². The fraction of sp³-hybridized carbons (Fsp3) is 0.267. The number of hydrogen-bond acceptors (Lipinski definition) is 4. The Morgan fingerprint density at radius 2 is 2.09 bits per heavy atom. The van der Waals surface area contributed by atoms with Crippen LogP contribution in [-0.4, -0.2) is 10.8 Å². The summed E-state index contributed by atoms with van der Waals surface area (Å²) < 4.78 is 38.1. The number of aromatic nitrogens is 1. The van der Waals surface area contributed by atoms with Crippen LogP contribution in [0, 0.1) is 11.3 Å². The predicted molar refractivity (Wildman–Crippen MR) is 80.3 cm³/mol. The van der Waals surface area contributed by atoms with E-state index in [2.05, 4.69) is 4.98 Å². The van der Waals surface area contributed by atoms with Gasteiger partial charge in [-0.2, -0.15) is 18.4 Å². The molecule has 0 radical (unpaired) electrons. The zero-order valence-corrected chi connectivity index (χ0v) is 13.2. The quantitative estimate of drug-likeness (QED) is 0.783. The number of carbonyl (C=O) groups is 1. The summed E-state index contributed by atoms with van der Waals surface area (Å²) in [5.74, 6) is -1.56.